The summed E-state index contributed by atoms with van der Waals surface area (Å²) in [6, 6.07) is 0. The van der Waals surface area contributed by atoms with Crippen LogP contribution < -0.4 is 0 Å². The number of hydrogen-bond donors (Lipinski definition) is 0. The summed E-state index contributed by atoms with van der Waals surface area (Å²) in [5.74, 6) is 0. The summed E-state index contributed by atoms with van der Waals surface area (Å²) in [6.07, 6.45) is 19.2. The molecule has 0 amide bonds. The maximum Gasteiger partial charge on any atom is 0.0966 e. The highest BCUT2D eigenvalue weighted by Gasteiger charge is 1.95. The molecule has 2 nitrogen and oxygen atoms in total. The number of unbranched alkanes of at least 4 members (excludes halogenated alkanes) is 10. The Morgan fingerprint density at radius 2 is 1.21 bits per heavy atom. The van der Waals surface area contributed by atoms with Gasteiger partial charge in [-0.25, -0.2) is 0 Å². The van der Waals surface area contributed by atoms with Crippen LogP contribution in [0, 0.1) is 5.21 Å². The normalized spacial score (nSPS) is 12.4. The Bertz CT molecular complexity index is 206. The second kappa shape index (κ2) is 12.7. The molecule has 0 aliphatic heterocycles. The summed E-state index contributed by atoms with van der Waals surface area (Å²) in [7, 11) is 3.37. The van der Waals surface area contributed by atoms with E-state index in [1.165, 1.54) is 64.2 Å². The molecule has 0 aromatic carbocycles. The molecule has 0 saturated carbocycles. The summed E-state index contributed by atoms with van der Waals surface area (Å²) in [4.78, 5) is 0. The Balaban J connectivity index is 3.11. The highest BCUT2D eigenvalue weighted by Crippen LogP contribution is 2.11. The second-order valence-electron chi connectivity index (χ2n) is 6.20. The molecule has 0 fully saturated rings. The monoisotopic (exact) mass is 269 g/mol. The molecule has 0 N–H and O–H groups in total. The lowest BCUT2D eigenvalue weighted by atomic mass is 10.1. The van der Waals surface area contributed by atoms with E-state index in [9.17, 15) is 5.21 Å². The molecule has 114 valence electrons. The SMILES string of the molecule is CCCCCCCCCCCCC=CC[N+](C)(C)[O-]. The first-order valence-corrected chi connectivity index (χ1v) is 8.25. The number of allylic oxidation sites excluding steroid dienone is 1. The number of nitrogens with zero attached hydrogens (tertiary/aromatic N) is 1. The van der Waals surface area contributed by atoms with Crippen LogP contribution in [0.1, 0.15) is 77.6 Å². The van der Waals surface area contributed by atoms with Gasteiger partial charge in [-0.1, -0.05) is 70.8 Å². The lowest BCUT2D eigenvalue weighted by Crippen LogP contribution is -2.31. The molecule has 0 aromatic heterocycles. The average molecular weight is 269 g/mol. The summed E-state index contributed by atoms with van der Waals surface area (Å²) >= 11 is 0. The van der Waals surface area contributed by atoms with E-state index in [4.69, 9.17) is 0 Å². The van der Waals surface area contributed by atoms with Gasteiger partial charge in [0.15, 0.2) is 0 Å². The van der Waals surface area contributed by atoms with Gasteiger partial charge in [-0.05, 0) is 18.9 Å². The van der Waals surface area contributed by atoms with Gasteiger partial charge in [0.05, 0.1) is 20.6 Å². The number of likely N-dealkylation sites (N-methyl/N-ethyl adjacent to an activating group) is 1. The van der Waals surface area contributed by atoms with Gasteiger partial charge in [0.25, 0.3) is 0 Å². The van der Waals surface area contributed by atoms with Crippen LogP contribution in [0.25, 0.3) is 0 Å². The molecule has 0 saturated heterocycles. The lowest BCUT2D eigenvalue weighted by Gasteiger charge is -2.32. The number of hydroxylamine groups is 3. The highest BCUT2D eigenvalue weighted by molar-refractivity contribution is 4.81. The van der Waals surface area contributed by atoms with Gasteiger partial charge in [-0.2, -0.15) is 0 Å². The number of rotatable bonds is 13. The van der Waals surface area contributed by atoms with Gasteiger partial charge >= 0.3 is 0 Å². The van der Waals surface area contributed by atoms with Crippen LogP contribution in [0.5, 0.6) is 0 Å². The minimum absolute atomic E-state index is 0.214. The van der Waals surface area contributed by atoms with Crippen LogP contribution in [0.15, 0.2) is 12.2 Å². The Kier molecular flexibility index (Phi) is 12.5. The Labute approximate surface area is 121 Å². The van der Waals surface area contributed by atoms with E-state index in [0.29, 0.717) is 6.54 Å². The summed E-state index contributed by atoms with van der Waals surface area (Å²) in [6.45, 7) is 2.86. The fourth-order valence-corrected chi connectivity index (χ4v) is 2.20. The van der Waals surface area contributed by atoms with Crippen LogP contribution in [0.3, 0.4) is 0 Å². The van der Waals surface area contributed by atoms with Crippen molar-refractivity contribution in [2.24, 2.45) is 0 Å². The maximum atomic E-state index is 11.3. The molecule has 0 aromatic rings. The Morgan fingerprint density at radius 3 is 1.68 bits per heavy atom. The lowest BCUT2D eigenvalue weighted by molar-refractivity contribution is -0.833. The summed E-state index contributed by atoms with van der Waals surface area (Å²) < 4.78 is -0.214. The van der Waals surface area contributed by atoms with E-state index < -0.39 is 0 Å². The maximum absolute atomic E-state index is 11.3. The molecular formula is C17H35NO. The smallest absolute Gasteiger partial charge is 0.0966 e. The van der Waals surface area contributed by atoms with Crippen molar-refractivity contribution < 1.29 is 4.65 Å². The van der Waals surface area contributed by atoms with Crippen molar-refractivity contribution in [1.82, 2.24) is 0 Å². The number of hydrogen-bond acceptors (Lipinski definition) is 1. The Morgan fingerprint density at radius 1 is 0.737 bits per heavy atom. The van der Waals surface area contributed by atoms with E-state index >= 15 is 0 Å². The van der Waals surface area contributed by atoms with Crippen molar-refractivity contribution in [3.05, 3.63) is 17.4 Å². The third-order valence-corrected chi connectivity index (χ3v) is 3.44. The van der Waals surface area contributed by atoms with Gasteiger partial charge in [-0.15, -0.1) is 0 Å². The molecule has 0 bridgehead atoms. The van der Waals surface area contributed by atoms with Crippen LogP contribution in [-0.2, 0) is 0 Å². The predicted octanol–water partition coefficient (Wildman–Crippen LogP) is 5.43. The number of quaternary nitrogens is 1. The van der Waals surface area contributed by atoms with Crippen molar-refractivity contribution in [2.75, 3.05) is 20.6 Å². The van der Waals surface area contributed by atoms with Gasteiger partial charge in [-0.3, -0.25) is 0 Å². The van der Waals surface area contributed by atoms with Crippen LogP contribution in [-0.4, -0.2) is 25.3 Å². The molecule has 0 unspecified atom stereocenters. The van der Waals surface area contributed by atoms with E-state index in [1.54, 1.807) is 14.1 Å². The topological polar surface area (TPSA) is 23.1 Å². The minimum atomic E-state index is -0.214. The molecule has 0 aliphatic carbocycles. The zero-order chi connectivity index (χ0) is 14.4. The van der Waals surface area contributed by atoms with Gasteiger partial charge in [0.2, 0.25) is 0 Å². The highest BCUT2D eigenvalue weighted by atomic mass is 16.5. The van der Waals surface area contributed by atoms with E-state index in [2.05, 4.69) is 13.0 Å². The average Bonchev–Trinajstić information content (AvgIpc) is 2.34. The fraction of sp³-hybridized carbons (Fsp3) is 0.882. The van der Waals surface area contributed by atoms with E-state index in [-0.39, 0.29) is 4.65 Å². The zero-order valence-corrected chi connectivity index (χ0v) is 13.5. The molecule has 0 atom stereocenters. The van der Waals surface area contributed by atoms with Crippen LogP contribution >= 0.6 is 0 Å². The fourth-order valence-electron chi connectivity index (χ4n) is 2.20. The molecule has 0 radical (unpaired) electrons. The quantitative estimate of drug-likeness (QED) is 0.189. The first-order chi connectivity index (χ1) is 9.06. The minimum Gasteiger partial charge on any atom is -0.633 e. The molecule has 0 aliphatic rings. The van der Waals surface area contributed by atoms with Gasteiger partial charge in [0, 0.05) is 0 Å². The molecule has 0 heterocycles. The molecule has 0 rings (SSSR count). The van der Waals surface area contributed by atoms with E-state index in [0.717, 1.165) is 6.42 Å². The zero-order valence-electron chi connectivity index (χ0n) is 13.5. The Hall–Kier alpha value is -0.340. The molecule has 2 heteroatoms. The van der Waals surface area contributed by atoms with Gasteiger partial charge < -0.3 is 9.85 Å². The first kappa shape index (κ1) is 18.7. The standard InChI is InChI=1S/C17H35NO/c1-4-5-6-7-8-9-10-11-12-13-14-15-16-17-18(2,3)19/h15-16H,4-14,17H2,1-3H3. The van der Waals surface area contributed by atoms with E-state index in [1.807, 2.05) is 6.08 Å². The largest absolute Gasteiger partial charge is 0.633 e. The summed E-state index contributed by atoms with van der Waals surface area (Å²) in [5.41, 5.74) is 0. The molecule has 0 spiro atoms. The first-order valence-electron chi connectivity index (χ1n) is 8.25. The van der Waals surface area contributed by atoms with Crippen molar-refractivity contribution in [2.45, 2.75) is 77.6 Å². The van der Waals surface area contributed by atoms with Gasteiger partial charge in [0.1, 0.15) is 0 Å². The van der Waals surface area contributed by atoms with Crippen molar-refractivity contribution >= 4 is 0 Å². The predicted molar refractivity (Wildman–Crippen MR) is 85.9 cm³/mol. The van der Waals surface area contributed by atoms with Crippen LogP contribution in [0.4, 0.5) is 0 Å². The molecule has 19 heavy (non-hydrogen) atoms. The summed E-state index contributed by atoms with van der Waals surface area (Å²) in [5, 5.41) is 11.3. The van der Waals surface area contributed by atoms with Crippen molar-refractivity contribution in [3.63, 3.8) is 0 Å². The van der Waals surface area contributed by atoms with Crippen molar-refractivity contribution in [1.29, 1.82) is 0 Å². The third-order valence-electron chi connectivity index (χ3n) is 3.44. The van der Waals surface area contributed by atoms with Crippen LogP contribution in [0.2, 0.25) is 0 Å². The third kappa shape index (κ3) is 17.7. The molecular weight excluding hydrogens is 234 g/mol. The second-order valence-corrected chi connectivity index (χ2v) is 6.20. The van der Waals surface area contributed by atoms with Crippen molar-refractivity contribution in [3.8, 4) is 0 Å².